The molecule has 3 heterocycles. The Labute approximate surface area is 166 Å². The van der Waals surface area contributed by atoms with E-state index in [-0.39, 0.29) is 17.9 Å². The lowest BCUT2D eigenvalue weighted by Crippen LogP contribution is -2.18. The Hall–Kier alpha value is -3.00. The van der Waals surface area contributed by atoms with Crippen LogP contribution in [0.5, 0.6) is 0 Å². The van der Waals surface area contributed by atoms with Crippen LogP contribution in [-0.4, -0.2) is 26.6 Å². The van der Waals surface area contributed by atoms with Gasteiger partial charge in [0.25, 0.3) is 5.91 Å². The summed E-state index contributed by atoms with van der Waals surface area (Å²) >= 11 is 1.38. The van der Waals surface area contributed by atoms with E-state index in [0.29, 0.717) is 17.1 Å². The minimum atomic E-state index is -0.210. The first-order valence-corrected chi connectivity index (χ1v) is 10.0. The Bertz CT molecular complexity index is 1070. The van der Waals surface area contributed by atoms with Gasteiger partial charge in [-0.2, -0.15) is 5.10 Å². The van der Waals surface area contributed by atoms with Gasteiger partial charge in [-0.1, -0.05) is 6.07 Å². The number of hydrogen-bond acceptors (Lipinski definition) is 5. The maximum Gasteiger partial charge on any atom is 0.260 e. The predicted molar refractivity (Wildman–Crippen MR) is 110 cm³/mol. The zero-order chi connectivity index (χ0) is 19.8. The quantitative estimate of drug-likeness (QED) is 0.698. The molecule has 0 saturated carbocycles. The number of hydrogen-bond donors (Lipinski definition) is 2. The van der Waals surface area contributed by atoms with Crippen LogP contribution in [0.2, 0.25) is 0 Å². The van der Waals surface area contributed by atoms with Gasteiger partial charge in [0, 0.05) is 34.8 Å². The van der Waals surface area contributed by atoms with E-state index in [1.165, 1.54) is 11.3 Å². The van der Waals surface area contributed by atoms with Gasteiger partial charge in [0.05, 0.1) is 17.5 Å². The Morgan fingerprint density at radius 1 is 1.32 bits per heavy atom. The molecule has 2 aromatic heterocycles. The van der Waals surface area contributed by atoms with Gasteiger partial charge in [-0.3, -0.25) is 19.6 Å². The standard InChI is InChI=1S/C20H21N5O2S/c1-11(2)25-12(3)15(9-21-25)19(27)24-20-23-17(10-28-20)14-4-6-16-13(8-14)5-7-18(26)22-16/h4,6,8-11H,5,7H2,1-3H3,(H,22,26)(H,23,24,27). The summed E-state index contributed by atoms with van der Waals surface area (Å²) in [6.45, 7) is 5.94. The second-order valence-corrected chi connectivity index (χ2v) is 7.95. The second kappa shape index (κ2) is 7.20. The van der Waals surface area contributed by atoms with Gasteiger partial charge < -0.3 is 5.32 Å². The van der Waals surface area contributed by atoms with Crippen molar-refractivity contribution >= 4 is 34.0 Å². The lowest BCUT2D eigenvalue weighted by Gasteiger charge is -2.17. The van der Waals surface area contributed by atoms with Crippen molar-refractivity contribution in [2.45, 2.75) is 39.7 Å². The molecule has 0 spiro atoms. The number of aromatic nitrogens is 3. The summed E-state index contributed by atoms with van der Waals surface area (Å²) in [5.41, 5.74) is 5.12. The molecule has 28 heavy (non-hydrogen) atoms. The molecule has 0 atom stereocenters. The molecule has 4 rings (SSSR count). The van der Waals surface area contributed by atoms with Gasteiger partial charge in [-0.15, -0.1) is 11.3 Å². The summed E-state index contributed by atoms with van der Waals surface area (Å²) in [6, 6.07) is 6.08. The van der Waals surface area contributed by atoms with E-state index in [0.717, 1.165) is 34.6 Å². The third-order valence-corrected chi connectivity index (χ3v) is 5.56. The Kier molecular flexibility index (Phi) is 4.72. The maximum absolute atomic E-state index is 12.6. The van der Waals surface area contributed by atoms with Crippen LogP contribution in [0.1, 0.15) is 47.9 Å². The lowest BCUT2D eigenvalue weighted by atomic mass is 9.99. The fourth-order valence-electron chi connectivity index (χ4n) is 3.34. The highest BCUT2D eigenvalue weighted by Crippen LogP contribution is 2.30. The molecule has 7 nitrogen and oxygen atoms in total. The normalized spacial score (nSPS) is 13.4. The summed E-state index contributed by atoms with van der Waals surface area (Å²) in [4.78, 5) is 28.7. The van der Waals surface area contributed by atoms with E-state index in [1.807, 2.05) is 49.0 Å². The predicted octanol–water partition coefficient (Wildman–Crippen LogP) is 4.03. The molecule has 0 aliphatic carbocycles. The van der Waals surface area contributed by atoms with Gasteiger partial charge in [0.2, 0.25) is 5.91 Å². The van der Waals surface area contributed by atoms with E-state index < -0.39 is 0 Å². The van der Waals surface area contributed by atoms with Crippen molar-refractivity contribution in [1.29, 1.82) is 0 Å². The molecule has 0 fully saturated rings. The van der Waals surface area contributed by atoms with Gasteiger partial charge >= 0.3 is 0 Å². The number of fused-ring (bicyclic) bond motifs is 1. The molecule has 1 aromatic carbocycles. The molecule has 8 heteroatoms. The zero-order valence-electron chi connectivity index (χ0n) is 15.9. The summed E-state index contributed by atoms with van der Waals surface area (Å²) in [7, 11) is 0. The Morgan fingerprint density at radius 3 is 2.89 bits per heavy atom. The second-order valence-electron chi connectivity index (χ2n) is 7.09. The summed E-state index contributed by atoms with van der Waals surface area (Å²) in [5, 5.41) is 12.5. The van der Waals surface area contributed by atoms with Gasteiger partial charge in [0.15, 0.2) is 5.13 Å². The fourth-order valence-corrected chi connectivity index (χ4v) is 4.05. The summed E-state index contributed by atoms with van der Waals surface area (Å²) in [5.74, 6) is -0.159. The molecule has 0 radical (unpaired) electrons. The zero-order valence-corrected chi connectivity index (χ0v) is 16.8. The van der Waals surface area contributed by atoms with Crippen molar-refractivity contribution in [3.05, 3.63) is 46.6 Å². The van der Waals surface area contributed by atoms with Crippen LogP contribution in [0.3, 0.4) is 0 Å². The van der Waals surface area contributed by atoms with E-state index in [4.69, 9.17) is 0 Å². The molecule has 1 aliphatic heterocycles. The Morgan fingerprint density at radius 2 is 2.14 bits per heavy atom. The smallest absolute Gasteiger partial charge is 0.260 e. The molecular formula is C20H21N5O2S. The van der Waals surface area contributed by atoms with Crippen LogP contribution in [0, 0.1) is 6.92 Å². The first-order chi connectivity index (χ1) is 13.4. The molecule has 1 aliphatic rings. The third-order valence-electron chi connectivity index (χ3n) is 4.80. The van der Waals surface area contributed by atoms with Gasteiger partial charge in [-0.05, 0) is 44.9 Å². The van der Waals surface area contributed by atoms with Gasteiger partial charge in [0.1, 0.15) is 0 Å². The molecular weight excluding hydrogens is 374 g/mol. The number of carbonyl (C=O) groups excluding carboxylic acids is 2. The minimum absolute atomic E-state index is 0.0509. The van der Waals surface area contributed by atoms with Gasteiger partial charge in [-0.25, -0.2) is 4.98 Å². The maximum atomic E-state index is 12.6. The highest BCUT2D eigenvalue weighted by atomic mass is 32.1. The molecule has 2 N–H and O–H groups in total. The number of aryl methyl sites for hydroxylation is 1. The van der Waals surface area contributed by atoms with Crippen LogP contribution < -0.4 is 10.6 Å². The average Bonchev–Trinajstić information content (AvgIpc) is 3.28. The van der Waals surface area contributed by atoms with Crippen LogP contribution in [-0.2, 0) is 11.2 Å². The molecule has 0 saturated heterocycles. The van der Waals surface area contributed by atoms with Crippen LogP contribution in [0.25, 0.3) is 11.3 Å². The molecule has 0 unspecified atom stereocenters. The van der Waals surface area contributed by atoms with Crippen LogP contribution >= 0.6 is 11.3 Å². The SMILES string of the molecule is Cc1c(C(=O)Nc2nc(-c3ccc4c(c3)CCC(=O)N4)cs2)cnn1C(C)C. The fraction of sp³-hybridized carbons (Fsp3) is 0.300. The number of benzene rings is 1. The van der Waals surface area contributed by atoms with Crippen LogP contribution in [0.4, 0.5) is 10.8 Å². The first-order valence-electron chi connectivity index (χ1n) is 9.16. The number of nitrogens with one attached hydrogen (secondary N) is 2. The lowest BCUT2D eigenvalue weighted by molar-refractivity contribution is -0.116. The van der Waals surface area contributed by atoms with Crippen molar-refractivity contribution < 1.29 is 9.59 Å². The van der Waals surface area contributed by atoms with E-state index >= 15 is 0 Å². The molecule has 0 bridgehead atoms. The van der Waals surface area contributed by atoms with Crippen molar-refractivity contribution in [2.75, 3.05) is 10.6 Å². The van der Waals surface area contributed by atoms with Crippen molar-refractivity contribution in [3.63, 3.8) is 0 Å². The van der Waals surface area contributed by atoms with Crippen molar-refractivity contribution in [1.82, 2.24) is 14.8 Å². The molecule has 144 valence electrons. The number of anilines is 2. The topological polar surface area (TPSA) is 88.9 Å². The minimum Gasteiger partial charge on any atom is -0.326 e. The monoisotopic (exact) mass is 395 g/mol. The third kappa shape index (κ3) is 3.43. The number of carbonyl (C=O) groups is 2. The highest BCUT2D eigenvalue weighted by molar-refractivity contribution is 7.14. The number of nitrogens with zero attached hydrogens (tertiary/aromatic N) is 3. The molecule has 3 aromatic rings. The van der Waals surface area contributed by atoms with Crippen LogP contribution in [0.15, 0.2) is 29.8 Å². The Balaban J connectivity index is 1.52. The first kappa shape index (κ1) is 18.4. The summed E-state index contributed by atoms with van der Waals surface area (Å²) < 4.78 is 1.83. The molecule has 2 amide bonds. The average molecular weight is 395 g/mol. The van der Waals surface area contributed by atoms with E-state index in [1.54, 1.807) is 6.20 Å². The highest BCUT2D eigenvalue weighted by Gasteiger charge is 2.18. The largest absolute Gasteiger partial charge is 0.326 e. The van der Waals surface area contributed by atoms with Crippen molar-refractivity contribution in [3.8, 4) is 11.3 Å². The number of amides is 2. The summed E-state index contributed by atoms with van der Waals surface area (Å²) in [6.07, 6.45) is 2.82. The van der Waals surface area contributed by atoms with E-state index in [2.05, 4.69) is 20.7 Å². The van der Waals surface area contributed by atoms with E-state index in [9.17, 15) is 9.59 Å². The van der Waals surface area contributed by atoms with Crippen molar-refractivity contribution in [2.24, 2.45) is 0 Å². The number of rotatable bonds is 4. The number of thiazole rings is 1.